The number of fused-ring (bicyclic) bond motifs is 1. The minimum Gasteiger partial charge on any atom is -0.439 e. The Labute approximate surface area is 129 Å². The maximum atomic E-state index is 11.0. The van der Waals surface area contributed by atoms with E-state index < -0.39 is 5.91 Å². The van der Waals surface area contributed by atoms with Crippen molar-refractivity contribution in [2.75, 3.05) is 6.54 Å². The number of benzene rings is 1. The van der Waals surface area contributed by atoms with Crippen LogP contribution in [0.3, 0.4) is 0 Å². The van der Waals surface area contributed by atoms with Gasteiger partial charge in [0.15, 0.2) is 0 Å². The molecule has 0 radical (unpaired) electrons. The van der Waals surface area contributed by atoms with Crippen molar-refractivity contribution in [2.24, 2.45) is 11.5 Å². The third kappa shape index (κ3) is 2.94. The molecule has 1 heterocycles. The molecule has 22 heavy (non-hydrogen) atoms. The summed E-state index contributed by atoms with van der Waals surface area (Å²) in [6.45, 7) is 0.655. The number of nitrogens with two attached hydrogens (primary N) is 2. The molecule has 0 spiro atoms. The summed E-state index contributed by atoms with van der Waals surface area (Å²) < 4.78 is 5.77. The lowest BCUT2D eigenvalue weighted by molar-refractivity contribution is 0.1000. The van der Waals surface area contributed by atoms with Gasteiger partial charge in [-0.05, 0) is 61.1 Å². The number of ether oxygens (including phenoxy) is 1. The van der Waals surface area contributed by atoms with E-state index in [-0.39, 0.29) is 0 Å². The summed E-state index contributed by atoms with van der Waals surface area (Å²) in [6, 6.07) is 9.34. The third-order valence-corrected chi connectivity index (χ3v) is 4.08. The van der Waals surface area contributed by atoms with E-state index in [4.69, 9.17) is 16.2 Å². The van der Waals surface area contributed by atoms with Crippen LogP contribution in [0.2, 0.25) is 0 Å². The quantitative estimate of drug-likeness (QED) is 0.906. The second kappa shape index (κ2) is 6.15. The van der Waals surface area contributed by atoms with Gasteiger partial charge in [-0.15, -0.1) is 0 Å². The Morgan fingerprint density at radius 2 is 2.18 bits per heavy atom. The summed E-state index contributed by atoms with van der Waals surface area (Å²) in [5.74, 6) is 1.07. The van der Waals surface area contributed by atoms with E-state index in [0.29, 0.717) is 23.9 Å². The molecule has 1 aliphatic rings. The number of primary amides is 1. The average molecular weight is 297 g/mol. The van der Waals surface area contributed by atoms with Gasteiger partial charge in [0.1, 0.15) is 5.75 Å². The molecule has 2 aromatic rings. The maximum absolute atomic E-state index is 11.0. The number of hydrogen-bond donors (Lipinski definition) is 2. The number of hydrogen-bond acceptors (Lipinski definition) is 4. The highest BCUT2D eigenvalue weighted by Gasteiger charge is 2.19. The fourth-order valence-corrected chi connectivity index (χ4v) is 2.89. The van der Waals surface area contributed by atoms with Crippen LogP contribution in [-0.4, -0.2) is 17.4 Å². The number of carbonyl (C=O) groups is 1. The average Bonchev–Trinajstić information content (AvgIpc) is 2.54. The molecule has 0 bridgehead atoms. The first-order valence-corrected chi connectivity index (χ1v) is 7.44. The normalized spacial score (nSPS) is 16.9. The van der Waals surface area contributed by atoms with Crippen molar-refractivity contribution in [2.45, 2.75) is 25.2 Å². The van der Waals surface area contributed by atoms with Gasteiger partial charge in [-0.1, -0.05) is 6.07 Å². The number of aryl methyl sites for hydroxylation is 1. The van der Waals surface area contributed by atoms with Crippen molar-refractivity contribution in [3.8, 4) is 11.6 Å². The van der Waals surface area contributed by atoms with Gasteiger partial charge in [0, 0.05) is 12.3 Å². The second-order valence-corrected chi connectivity index (χ2v) is 5.54. The van der Waals surface area contributed by atoms with Crippen LogP contribution < -0.4 is 16.2 Å². The van der Waals surface area contributed by atoms with Crippen molar-refractivity contribution in [3.05, 3.63) is 53.2 Å². The molecular weight excluding hydrogens is 278 g/mol. The SMILES string of the molecule is NCC1CCCc2ccc(Oc3ccc(C(N)=O)cn3)cc21. The van der Waals surface area contributed by atoms with Crippen LogP contribution in [0.1, 0.15) is 40.2 Å². The topological polar surface area (TPSA) is 91.2 Å². The lowest BCUT2D eigenvalue weighted by Crippen LogP contribution is -2.18. The van der Waals surface area contributed by atoms with Gasteiger partial charge >= 0.3 is 0 Å². The van der Waals surface area contributed by atoms with Gasteiger partial charge in [-0.25, -0.2) is 4.98 Å². The Balaban J connectivity index is 1.82. The summed E-state index contributed by atoms with van der Waals surface area (Å²) in [5.41, 5.74) is 14.1. The molecule has 0 aliphatic heterocycles. The van der Waals surface area contributed by atoms with E-state index in [1.807, 2.05) is 6.07 Å². The lowest BCUT2D eigenvalue weighted by atomic mass is 9.83. The molecule has 5 heteroatoms. The number of pyridine rings is 1. The first-order chi connectivity index (χ1) is 10.7. The second-order valence-electron chi connectivity index (χ2n) is 5.54. The zero-order valence-corrected chi connectivity index (χ0v) is 12.3. The molecular formula is C17H19N3O2. The monoisotopic (exact) mass is 297 g/mol. The Bertz CT molecular complexity index is 683. The highest BCUT2D eigenvalue weighted by molar-refractivity contribution is 5.92. The Morgan fingerprint density at radius 1 is 1.32 bits per heavy atom. The first-order valence-electron chi connectivity index (χ1n) is 7.44. The van der Waals surface area contributed by atoms with Crippen LogP contribution in [0.15, 0.2) is 36.5 Å². The number of aromatic nitrogens is 1. The van der Waals surface area contributed by atoms with Crippen LogP contribution in [0, 0.1) is 0 Å². The molecule has 3 rings (SSSR count). The van der Waals surface area contributed by atoms with E-state index in [0.717, 1.165) is 18.6 Å². The standard InChI is InChI=1S/C17H19N3O2/c18-9-12-3-1-2-11-4-6-14(8-15(11)12)22-16-7-5-13(10-20-16)17(19)21/h4-8,10,12H,1-3,9,18H2,(H2,19,21). The van der Waals surface area contributed by atoms with E-state index >= 15 is 0 Å². The molecule has 0 saturated carbocycles. The number of nitrogens with zero attached hydrogens (tertiary/aromatic N) is 1. The largest absolute Gasteiger partial charge is 0.439 e. The van der Waals surface area contributed by atoms with Crippen molar-refractivity contribution in [3.63, 3.8) is 0 Å². The first kappa shape index (κ1) is 14.5. The predicted molar refractivity (Wildman–Crippen MR) is 84.0 cm³/mol. The van der Waals surface area contributed by atoms with E-state index in [9.17, 15) is 4.79 Å². The molecule has 1 unspecified atom stereocenters. The summed E-state index contributed by atoms with van der Waals surface area (Å²) >= 11 is 0. The maximum Gasteiger partial charge on any atom is 0.250 e. The van der Waals surface area contributed by atoms with Crippen molar-refractivity contribution in [1.82, 2.24) is 4.98 Å². The molecule has 1 aromatic heterocycles. The summed E-state index contributed by atoms with van der Waals surface area (Å²) in [6.07, 6.45) is 4.82. The van der Waals surface area contributed by atoms with Gasteiger partial charge in [-0.2, -0.15) is 0 Å². The number of amides is 1. The van der Waals surface area contributed by atoms with Crippen LogP contribution >= 0.6 is 0 Å². The number of carbonyl (C=O) groups excluding carboxylic acids is 1. The van der Waals surface area contributed by atoms with Gasteiger partial charge in [0.2, 0.25) is 11.8 Å². The smallest absolute Gasteiger partial charge is 0.250 e. The van der Waals surface area contributed by atoms with Crippen molar-refractivity contribution < 1.29 is 9.53 Å². The van der Waals surface area contributed by atoms with Gasteiger partial charge < -0.3 is 16.2 Å². The predicted octanol–water partition coefficient (Wildman–Crippen LogP) is 2.35. The number of rotatable bonds is 4. The molecule has 4 N–H and O–H groups in total. The van der Waals surface area contributed by atoms with E-state index in [2.05, 4.69) is 17.1 Å². The summed E-state index contributed by atoms with van der Waals surface area (Å²) in [5, 5.41) is 0. The summed E-state index contributed by atoms with van der Waals surface area (Å²) in [7, 11) is 0. The minimum atomic E-state index is -0.501. The van der Waals surface area contributed by atoms with Crippen LogP contribution in [0.5, 0.6) is 11.6 Å². The van der Waals surface area contributed by atoms with E-state index in [1.165, 1.54) is 23.7 Å². The Kier molecular flexibility index (Phi) is 4.06. The molecule has 1 atom stereocenters. The van der Waals surface area contributed by atoms with Gasteiger partial charge in [0.05, 0.1) is 5.56 Å². The van der Waals surface area contributed by atoms with E-state index in [1.54, 1.807) is 12.1 Å². The summed E-state index contributed by atoms with van der Waals surface area (Å²) in [4.78, 5) is 15.1. The van der Waals surface area contributed by atoms with Crippen LogP contribution in [0.25, 0.3) is 0 Å². The van der Waals surface area contributed by atoms with Crippen LogP contribution in [-0.2, 0) is 6.42 Å². The molecule has 1 aliphatic carbocycles. The fourth-order valence-electron chi connectivity index (χ4n) is 2.89. The molecule has 114 valence electrons. The van der Waals surface area contributed by atoms with Crippen LogP contribution in [0.4, 0.5) is 0 Å². The molecule has 5 nitrogen and oxygen atoms in total. The van der Waals surface area contributed by atoms with Crippen molar-refractivity contribution >= 4 is 5.91 Å². The highest BCUT2D eigenvalue weighted by Crippen LogP contribution is 2.34. The Hall–Kier alpha value is -2.40. The molecule has 1 amide bonds. The lowest BCUT2D eigenvalue weighted by Gasteiger charge is -2.24. The van der Waals surface area contributed by atoms with Gasteiger partial charge in [-0.3, -0.25) is 4.79 Å². The third-order valence-electron chi connectivity index (χ3n) is 4.08. The highest BCUT2D eigenvalue weighted by atomic mass is 16.5. The minimum absolute atomic E-state index is 0.362. The zero-order valence-electron chi connectivity index (χ0n) is 12.3. The molecule has 0 saturated heterocycles. The Morgan fingerprint density at radius 3 is 2.86 bits per heavy atom. The zero-order chi connectivity index (χ0) is 15.5. The van der Waals surface area contributed by atoms with Gasteiger partial charge in [0.25, 0.3) is 0 Å². The van der Waals surface area contributed by atoms with Crippen molar-refractivity contribution in [1.29, 1.82) is 0 Å². The molecule has 1 aromatic carbocycles. The fraction of sp³-hybridized carbons (Fsp3) is 0.294. The molecule has 0 fully saturated rings.